The number of alkyl halides is 3. The van der Waals surface area contributed by atoms with E-state index in [1.165, 1.54) is 0 Å². The van der Waals surface area contributed by atoms with Crippen LogP contribution < -0.4 is 0 Å². The first-order chi connectivity index (χ1) is 9.21. The molecule has 0 saturated heterocycles. The fourth-order valence-corrected chi connectivity index (χ4v) is 2.28. The third-order valence-corrected chi connectivity index (χ3v) is 3.58. The maximum atomic E-state index is 13.1. The van der Waals surface area contributed by atoms with Crippen molar-refractivity contribution in [1.82, 2.24) is 0 Å². The lowest BCUT2D eigenvalue weighted by Gasteiger charge is -2.21. The molecular formula is C15H25F3O2. The molecule has 0 aromatic heterocycles. The largest absolute Gasteiger partial charge is 0.512 e. The SMILES string of the molecule is CCC(CC(C)(F)F)C(=O)/C(CF)=C(\O)C(CC)CC. The molecule has 0 spiro atoms. The number of halogens is 3. The number of Topliss-reactive ketones (excluding diaryl/α,β-unsaturated/α-hetero) is 1. The van der Waals surface area contributed by atoms with Crippen molar-refractivity contribution in [1.29, 1.82) is 0 Å². The van der Waals surface area contributed by atoms with Crippen LogP contribution in [0.3, 0.4) is 0 Å². The zero-order valence-electron chi connectivity index (χ0n) is 12.7. The number of hydrogen-bond acceptors (Lipinski definition) is 2. The summed E-state index contributed by atoms with van der Waals surface area (Å²) in [5.41, 5.74) is -0.338. The van der Waals surface area contributed by atoms with Crippen LogP contribution in [-0.4, -0.2) is 23.5 Å². The molecule has 0 aliphatic heterocycles. The second kappa shape index (κ2) is 8.32. The van der Waals surface area contributed by atoms with Gasteiger partial charge < -0.3 is 5.11 Å². The van der Waals surface area contributed by atoms with Crippen LogP contribution in [0, 0.1) is 11.8 Å². The molecule has 0 aromatic rings. The molecule has 0 saturated carbocycles. The van der Waals surface area contributed by atoms with Crippen LogP contribution in [0.25, 0.3) is 0 Å². The normalized spacial score (nSPS) is 15.2. The molecule has 0 aromatic carbocycles. The molecule has 0 radical (unpaired) electrons. The Morgan fingerprint density at radius 2 is 1.55 bits per heavy atom. The quantitative estimate of drug-likeness (QED) is 0.488. The Morgan fingerprint density at radius 1 is 1.10 bits per heavy atom. The molecule has 2 nitrogen and oxygen atoms in total. The highest BCUT2D eigenvalue weighted by molar-refractivity contribution is 5.97. The monoisotopic (exact) mass is 294 g/mol. The molecular weight excluding hydrogens is 269 g/mol. The van der Waals surface area contributed by atoms with E-state index in [2.05, 4.69) is 0 Å². The van der Waals surface area contributed by atoms with Crippen molar-refractivity contribution in [2.75, 3.05) is 6.67 Å². The van der Waals surface area contributed by atoms with Crippen molar-refractivity contribution in [3.05, 3.63) is 11.3 Å². The van der Waals surface area contributed by atoms with E-state index in [0.717, 1.165) is 6.92 Å². The minimum absolute atomic E-state index is 0.196. The Balaban J connectivity index is 5.32. The Kier molecular flexibility index (Phi) is 7.91. The Bertz CT molecular complexity index is 342. The van der Waals surface area contributed by atoms with Crippen LogP contribution >= 0.6 is 0 Å². The zero-order chi connectivity index (χ0) is 15.9. The molecule has 1 atom stereocenters. The summed E-state index contributed by atoms with van der Waals surface area (Å²) in [5.74, 6) is -5.22. The summed E-state index contributed by atoms with van der Waals surface area (Å²) in [6, 6.07) is 0. The van der Waals surface area contributed by atoms with Gasteiger partial charge in [-0.05, 0) is 26.2 Å². The minimum Gasteiger partial charge on any atom is -0.512 e. The van der Waals surface area contributed by atoms with E-state index in [9.17, 15) is 23.1 Å². The van der Waals surface area contributed by atoms with E-state index in [-0.39, 0.29) is 23.7 Å². The van der Waals surface area contributed by atoms with Crippen LogP contribution in [0.5, 0.6) is 0 Å². The second-order valence-electron chi connectivity index (χ2n) is 5.25. The minimum atomic E-state index is -2.98. The molecule has 1 unspecified atom stereocenters. The summed E-state index contributed by atoms with van der Waals surface area (Å²) < 4.78 is 39.2. The number of carbonyl (C=O) groups excluding carboxylic acids is 1. The summed E-state index contributed by atoms with van der Waals surface area (Å²) in [6.45, 7) is 4.87. The van der Waals surface area contributed by atoms with E-state index in [0.29, 0.717) is 12.8 Å². The molecule has 0 rings (SSSR count). The lowest BCUT2D eigenvalue weighted by Crippen LogP contribution is -2.26. The molecule has 0 aliphatic carbocycles. The van der Waals surface area contributed by atoms with Crippen LogP contribution in [0.15, 0.2) is 11.3 Å². The highest BCUT2D eigenvalue weighted by Gasteiger charge is 2.33. The van der Waals surface area contributed by atoms with E-state index in [1.54, 1.807) is 6.92 Å². The topological polar surface area (TPSA) is 37.3 Å². The van der Waals surface area contributed by atoms with Gasteiger partial charge >= 0.3 is 0 Å². The standard InChI is InChI=1S/C15H25F3O2/c1-5-10(6-2)13(19)12(9-16)14(20)11(7-3)8-15(4,17)18/h10-11,19H,5-9H2,1-4H3/b13-12-. The smallest absolute Gasteiger partial charge is 0.246 e. The first-order valence-corrected chi connectivity index (χ1v) is 7.11. The Hall–Kier alpha value is -1.00. The van der Waals surface area contributed by atoms with Crippen LogP contribution in [0.2, 0.25) is 0 Å². The van der Waals surface area contributed by atoms with E-state index in [4.69, 9.17) is 0 Å². The molecule has 5 heteroatoms. The number of carbonyl (C=O) groups is 1. The van der Waals surface area contributed by atoms with Crippen LogP contribution in [0.1, 0.15) is 53.4 Å². The molecule has 0 heterocycles. The molecule has 118 valence electrons. The van der Waals surface area contributed by atoms with Crippen molar-refractivity contribution >= 4 is 5.78 Å². The predicted octanol–water partition coefficient (Wildman–Crippen LogP) is 4.84. The lowest BCUT2D eigenvalue weighted by molar-refractivity contribution is -0.123. The average molecular weight is 294 g/mol. The fourth-order valence-electron chi connectivity index (χ4n) is 2.28. The lowest BCUT2D eigenvalue weighted by atomic mass is 9.87. The van der Waals surface area contributed by atoms with Crippen LogP contribution in [-0.2, 0) is 4.79 Å². The zero-order valence-corrected chi connectivity index (χ0v) is 12.7. The highest BCUT2D eigenvalue weighted by atomic mass is 19.3. The average Bonchev–Trinajstić information content (AvgIpc) is 2.37. The molecule has 0 aliphatic rings. The maximum Gasteiger partial charge on any atom is 0.246 e. The maximum absolute atomic E-state index is 13.1. The number of aliphatic hydroxyl groups excluding tert-OH is 1. The van der Waals surface area contributed by atoms with Crippen molar-refractivity contribution in [3.63, 3.8) is 0 Å². The number of allylic oxidation sites excluding steroid dienone is 2. The Morgan fingerprint density at radius 3 is 1.85 bits per heavy atom. The number of hydrogen-bond donors (Lipinski definition) is 1. The third-order valence-electron chi connectivity index (χ3n) is 3.58. The third kappa shape index (κ3) is 5.55. The van der Waals surface area contributed by atoms with Crippen molar-refractivity contribution in [2.45, 2.75) is 59.3 Å². The summed E-state index contributed by atoms with van der Waals surface area (Å²) >= 11 is 0. The summed E-state index contributed by atoms with van der Waals surface area (Å²) in [7, 11) is 0. The summed E-state index contributed by atoms with van der Waals surface area (Å²) in [6.07, 6.45) is 0.712. The van der Waals surface area contributed by atoms with Crippen molar-refractivity contribution in [3.8, 4) is 0 Å². The van der Waals surface area contributed by atoms with Gasteiger partial charge in [0.2, 0.25) is 5.92 Å². The number of rotatable bonds is 9. The number of aliphatic hydroxyl groups is 1. The van der Waals surface area contributed by atoms with Gasteiger partial charge in [-0.3, -0.25) is 4.79 Å². The van der Waals surface area contributed by atoms with Gasteiger partial charge in [0.25, 0.3) is 0 Å². The highest BCUT2D eigenvalue weighted by Crippen LogP contribution is 2.29. The van der Waals surface area contributed by atoms with E-state index >= 15 is 0 Å². The van der Waals surface area contributed by atoms with Gasteiger partial charge in [-0.1, -0.05) is 20.8 Å². The summed E-state index contributed by atoms with van der Waals surface area (Å²) in [5, 5.41) is 10.0. The van der Waals surface area contributed by atoms with E-state index < -0.39 is 30.7 Å². The fraction of sp³-hybridized carbons (Fsp3) is 0.800. The predicted molar refractivity (Wildman–Crippen MR) is 73.7 cm³/mol. The molecule has 0 amide bonds. The van der Waals surface area contributed by atoms with Gasteiger partial charge in [-0.15, -0.1) is 0 Å². The van der Waals surface area contributed by atoms with Gasteiger partial charge in [-0.2, -0.15) is 0 Å². The van der Waals surface area contributed by atoms with Crippen molar-refractivity contribution in [2.24, 2.45) is 11.8 Å². The molecule has 1 N–H and O–H groups in total. The molecule has 0 fully saturated rings. The van der Waals surface area contributed by atoms with Gasteiger partial charge in [0.1, 0.15) is 12.4 Å². The van der Waals surface area contributed by atoms with Gasteiger partial charge in [0, 0.05) is 18.3 Å². The number of ketones is 1. The second-order valence-corrected chi connectivity index (χ2v) is 5.25. The summed E-state index contributed by atoms with van der Waals surface area (Å²) in [4.78, 5) is 12.2. The first kappa shape index (κ1) is 19.0. The van der Waals surface area contributed by atoms with Crippen LogP contribution in [0.4, 0.5) is 13.2 Å². The van der Waals surface area contributed by atoms with Gasteiger partial charge in [0.05, 0.1) is 5.57 Å². The van der Waals surface area contributed by atoms with Gasteiger partial charge in [0.15, 0.2) is 5.78 Å². The Labute approximate surface area is 119 Å². The molecule has 20 heavy (non-hydrogen) atoms. The van der Waals surface area contributed by atoms with E-state index in [1.807, 2.05) is 13.8 Å². The first-order valence-electron chi connectivity index (χ1n) is 7.11. The van der Waals surface area contributed by atoms with Crippen molar-refractivity contribution < 1.29 is 23.1 Å². The van der Waals surface area contributed by atoms with Gasteiger partial charge in [-0.25, -0.2) is 13.2 Å². The molecule has 0 bridgehead atoms.